The number of aliphatic imine (C=N–C) groups is 1. The summed E-state index contributed by atoms with van der Waals surface area (Å²) in [5, 5.41) is 0. The van der Waals surface area contributed by atoms with Gasteiger partial charge in [0.15, 0.2) is 0 Å². The Hall–Kier alpha value is -1.45. The largest absolute Gasteiger partial charge is 0.311 e. The standard InChI is InChI=1S/C7H9N3O/c1-3-8-6-5(2)9-4-10-7(6)11/h3-4H,1-2H3,(H,9,10,11)/b8-3-. The summed E-state index contributed by atoms with van der Waals surface area (Å²) in [6, 6.07) is 0. The SMILES string of the molecule is C/C=N\c1c(C)nc[nH]c1=O. The van der Waals surface area contributed by atoms with Crippen molar-refractivity contribution >= 4 is 11.9 Å². The van der Waals surface area contributed by atoms with Gasteiger partial charge in [-0.05, 0) is 13.8 Å². The maximum absolute atomic E-state index is 11.0. The third kappa shape index (κ3) is 1.52. The van der Waals surface area contributed by atoms with Gasteiger partial charge in [0.05, 0.1) is 12.0 Å². The predicted molar refractivity (Wildman–Crippen MR) is 43.4 cm³/mol. The Morgan fingerprint density at radius 2 is 2.45 bits per heavy atom. The Morgan fingerprint density at radius 3 is 3.00 bits per heavy atom. The van der Waals surface area contributed by atoms with E-state index in [4.69, 9.17) is 0 Å². The molecule has 58 valence electrons. The van der Waals surface area contributed by atoms with Gasteiger partial charge in [-0.2, -0.15) is 0 Å². The summed E-state index contributed by atoms with van der Waals surface area (Å²) in [6.45, 7) is 3.50. The van der Waals surface area contributed by atoms with E-state index in [0.717, 1.165) is 0 Å². The first-order chi connectivity index (χ1) is 5.25. The van der Waals surface area contributed by atoms with Crippen molar-refractivity contribution in [3.05, 3.63) is 22.4 Å². The fourth-order valence-electron chi connectivity index (χ4n) is 0.763. The maximum Gasteiger partial charge on any atom is 0.276 e. The molecule has 0 spiro atoms. The van der Waals surface area contributed by atoms with Crippen LogP contribution in [0.15, 0.2) is 16.1 Å². The lowest BCUT2D eigenvalue weighted by molar-refractivity contribution is 1.06. The van der Waals surface area contributed by atoms with Crippen LogP contribution in [0, 0.1) is 6.92 Å². The van der Waals surface area contributed by atoms with Gasteiger partial charge in [0.1, 0.15) is 5.69 Å². The van der Waals surface area contributed by atoms with Crippen LogP contribution >= 0.6 is 0 Å². The average molecular weight is 151 g/mol. The van der Waals surface area contributed by atoms with Crippen molar-refractivity contribution in [2.24, 2.45) is 4.99 Å². The summed E-state index contributed by atoms with van der Waals surface area (Å²) in [5.74, 6) is 0. The summed E-state index contributed by atoms with van der Waals surface area (Å²) in [6.07, 6.45) is 2.94. The van der Waals surface area contributed by atoms with E-state index in [1.807, 2.05) is 0 Å². The number of rotatable bonds is 1. The minimum absolute atomic E-state index is 0.199. The van der Waals surface area contributed by atoms with Gasteiger partial charge in [0.25, 0.3) is 5.56 Å². The van der Waals surface area contributed by atoms with Gasteiger partial charge in [-0.15, -0.1) is 0 Å². The highest BCUT2D eigenvalue weighted by atomic mass is 16.1. The lowest BCUT2D eigenvalue weighted by Crippen LogP contribution is -2.06. The summed E-state index contributed by atoms with van der Waals surface area (Å²) < 4.78 is 0. The van der Waals surface area contributed by atoms with E-state index in [1.54, 1.807) is 20.1 Å². The molecule has 1 heterocycles. The molecule has 11 heavy (non-hydrogen) atoms. The maximum atomic E-state index is 11.0. The van der Waals surface area contributed by atoms with Crippen molar-refractivity contribution in [2.75, 3.05) is 0 Å². The molecule has 0 atom stereocenters. The van der Waals surface area contributed by atoms with Crippen LogP contribution in [0.2, 0.25) is 0 Å². The van der Waals surface area contributed by atoms with Crippen LogP contribution in [0.3, 0.4) is 0 Å². The van der Waals surface area contributed by atoms with Crippen LogP contribution in [-0.2, 0) is 0 Å². The zero-order chi connectivity index (χ0) is 8.27. The number of aromatic amines is 1. The minimum Gasteiger partial charge on any atom is -0.311 e. The summed E-state index contributed by atoms with van der Waals surface area (Å²) in [5.41, 5.74) is 0.831. The molecule has 0 saturated heterocycles. The van der Waals surface area contributed by atoms with E-state index < -0.39 is 0 Å². The molecule has 4 nitrogen and oxygen atoms in total. The lowest BCUT2D eigenvalue weighted by Gasteiger charge is -1.93. The van der Waals surface area contributed by atoms with Crippen LogP contribution < -0.4 is 5.56 Å². The Labute approximate surface area is 64.0 Å². The smallest absolute Gasteiger partial charge is 0.276 e. The summed E-state index contributed by atoms with van der Waals surface area (Å²) >= 11 is 0. The Bertz CT molecular complexity index is 327. The number of nitrogens with one attached hydrogen (secondary N) is 1. The number of H-pyrrole nitrogens is 1. The lowest BCUT2D eigenvalue weighted by atomic mass is 10.4. The molecule has 0 aliphatic carbocycles. The highest BCUT2D eigenvalue weighted by Gasteiger charge is 1.99. The molecule has 0 aliphatic heterocycles. The van der Waals surface area contributed by atoms with Crippen molar-refractivity contribution in [1.29, 1.82) is 0 Å². The van der Waals surface area contributed by atoms with Crippen LogP contribution in [0.1, 0.15) is 12.6 Å². The van der Waals surface area contributed by atoms with E-state index >= 15 is 0 Å². The average Bonchev–Trinajstić information content (AvgIpc) is 1.97. The third-order valence-electron chi connectivity index (χ3n) is 1.27. The first-order valence-corrected chi connectivity index (χ1v) is 3.28. The molecule has 1 N–H and O–H groups in total. The van der Waals surface area contributed by atoms with Gasteiger partial charge in [-0.1, -0.05) is 0 Å². The number of nitrogens with zero attached hydrogens (tertiary/aromatic N) is 2. The van der Waals surface area contributed by atoms with E-state index in [2.05, 4.69) is 15.0 Å². The summed E-state index contributed by atoms with van der Waals surface area (Å²) in [7, 11) is 0. The molecule has 0 fully saturated rings. The zero-order valence-electron chi connectivity index (χ0n) is 6.46. The molecule has 0 radical (unpaired) electrons. The van der Waals surface area contributed by atoms with Gasteiger partial charge in [-0.25, -0.2) is 4.98 Å². The van der Waals surface area contributed by atoms with E-state index in [-0.39, 0.29) is 5.56 Å². The van der Waals surface area contributed by atoms with Gasteiger partial charge in [0.2, 0.25) is 0 Å². The second kappa shape index (κ2) is 3.09. The predicted octanol–water partition coefficient (Wildman–Crippen LogP) is 0.801. The van der Waals surface area contributed by atoms with Gasteiger partial charge in [-0.3, -0.25) is 9.79 Å². The second-order valence-corrected chi connectivity index (χ2v) is 2.05. The van der Waals surface area contributed by atoms with Crippen LogP contribution in [0.4, 0.5) is 5.69 Å². The fraction of sp³-hybridized carbons (Fsp3) is 0.286. The van der Waals surface area contributed by atoms with E-state index in [9.17, 15) is 4.79 Å². The van der Waals surface area contributed by atoms with Gasteiger partial charge >= 0.3 is 0 Å². The van der Waals surface area contributed by atoms with Crippen molar-refractivity contribution in [1.82, 2.24) is 9.97 Å². The molecule has 0 amide bonds. The highest BCUT2D eigenvalue weighted by Crippen LogP contribution is 2.05. The topological polar surface area (TPSA) is 58.1 Å². The van der Waals surface area contributed by atoms with E-state index in [0.29, 0.717) is 11.4 Å². The highest BCUT2D eigenvalue weighted by molar-refractivity contribution is 5.60. The molecule has 0 bridgehead atoms. The minimum atomic E-state index is -0.199. The number of aromatic nitrogens is 2. The Morgan fingerprint density at radius 1 is 1.73 bits per heavy atom. The first-order valence-electron chi connectivity index (χ1n) is 3.28. The van der Waals surface area contributed by atoms with Crippen molar-refractivity contribution < 1.29 is 0 Å². The van der Waals surface area contributed by atoms with Crippen molar-refractivity contribution in [2.45, 2.75) is 13.8 Å². The van der Waals surface area contributed by atoms with Gasteiger partial charge in [0, 0.05) is 6.21 Å². The quantitative estimate of drug-likeness (QED) is 0.603. The fourth-order valence-corrected chi connectivity index (χ4v) is 0.763. The number of hydrogen-bond donors (Lipinski definition) is 1. The van der Waals surface area contributed by atoms with Crippen LogP contribution in [0.5, 0.6) is 0 Å². The molecule has 0 unspecified atom stereocenters. The van der Waals surface area contributed by atoms with Crippen LogP contribution in [0.25, 0.3) is 0 Å². The number of hydrogen-bond acceptors (Lipinski definition) is 3. The first kappa shape index (κ1) is 7.65. The summed E-state index contributed by atoms with van der Waals surface area (Å²) in [4.78, 5) is 21.2. The molecule has 4 heteroatoms. The molecular weight excluding hydrogens is 142 g/mol. The molecule has 0 aromatic carbocycles. The third-order valence-corrected chi connectivity index (χ3v) is 1.27. The zero-order valence-corrected chi connectivity index (χ0v) is 6.46. The number of aryl methyl sites for hydroxylation is 1. The van der Waals surface area contributed by atoms with Crippen LogP contribution in [-0.4, -0.2) is 16.2 Å². The molecule has 1 aromatic rings. The van der Waals surface area contributed by atoms with Crippen molar-refractivity contribution in [3.8, 4) is 0 Å². The molecule has 0 saturated carbocycles. The van der Waals surface area contributed by atoms with E-state index in [1.165, 1.54) is 6.33 Å². The molecule has 0 aliphatic rings. The van der Waals surface area contributed by atoms with Crippen molar-refractivity contribution in [3.63, 3.8) is 0 Å². The second-order valence-electron chi connectivity index (χ2n) is 2.05. The molecule has 1 aromatic heterocycles. The normalized spacial score (nSPS) is 10.7. The van der Waals surface area contributed by atoms with Gasteiger partial charge < -0.3 is 4.98 Å². The molecule has 1 rings (SSSR count). The Kier molecular flexibility index (Phi) is 2.15. The Balaban J connectivity index is 3.32. The monoisotopic (exact) mass is 151 g/mol. The molecular formula is C7H9N3O.